The smallest absolute Gasteiger partial charge is 0.407 e. The van der Waals surface area contributed by atoms with Gasteiger partial charge in [0, 0.05) is 34.7 Å². The molecule has 1 unspecified atom stereocenters. The number of sulfonamides is 1. The second-order valence-corrected chi connectivity index (χ2v) is 24.3. The molecule has 0 radical (unpaired) electrons. The lowest BCUT2D eigenvalue weighted by atomic mass is 9.85. The number of carbonyl (C=O) groups excluding carboxylic acids is 5. The number of esters is 2. The number of alkyl carbamates (subject to hydrolysis) is 1. The first-order chi connectivity index (χ1) is 42.9. The normalized spacial score (nSPS) is 15.7. The summed E-state index contributed by atoms with van der Waals surface area (Å²) in [5, 5.41) is 21.6. The molecule has 456 valence electrons. The van der Waals surface area contributed by atoms with E-state index in [0.717, 1.165) is 33.2 Å². The number of rotatable bonds is 22. The number of benzene rings is 6. The lowest BCUT2D eigenvalue weighted by Crippen LogP contribution is -2.56. The van der Waals surface area contributed by atoms with Crippen LogP contribution in [0.1, 0.15) is 98.2 Å². The summed E-state index contributed by atoms with van der Waals surface area (Å²) in [6, 6.07) is 43.5. The van der Waals surface area contributed by atoms with Gasteiger partial charge >= 0.3 is 30.0 Å². The highest BCUT2D eigenvalue weighted by Crippen LogP contribution is 2.45. The van der Waals surface area contributed by atoms with Gasteiger partial charge in [0.15, 0.2) is 0 Å². The van der Waals surface area contributed by atoms with E-state index < -0.39 is 87.6 Å². The number of cyclic esters (lactones) is 1. The number of ether oxygens (including phenoxy) is 3. The SMILES string of the molecule is CC[C@@]1(OC(=O)[C@H](NC(=O)[C@H](CCCCNC(=O)OCC2c3ccccc3-c3ccccc32)NC(=O)Nc2cccc(-c3cccc(S(=O)(=O)NC(CC(=O)O)c4ccccc4)c3)c2)C(C)C)C(=O)OCc2c1cc1n(c2=O)Cc2cc3ccccc3nc2-1. The fourth-order valence-electron chi connectivity index (χ4n) is 11.9. The number of carboxylic acids is 1. The molecule has 3 aliphatic rings. The lowest BCUT2D eigenvalue weighted by molar-refractivity contribution is -0.191. The van der Waals surface area contributed by atoms with Crippen LogP contribution in [0.5, 0.6) is 0 Å². The Bertz CT molecular complexity index is 4220. The van der Waals surface area contributed by atoms with E-state index in [1.54, 1.807) is 92.1 Å². The molecule has 2 aromatic heterocycles. The molecular weight excluding hydrogens is 1150 g/mol. The minimum atomic E-state index is -4.26. The molecule has 89 heavy (non-hydrogen) atoms. The standard InChI is InChI=1S/C68H65N7O13S/c1-4-68(54-35-58-61-45(32-44-20-8-13-29-55(44)71-61)37-75(58)63(79)53(54)39-86-65(68)81)88-64(80)60(40(2)3)73-62(78)56(30-14-15-31-69-67(83)87-38-52-50-27-11-9-25-48(50)49-26-10-12-28-51(49)52)72-66(82)70-46-23-16-21-42(33-46)43-22-17-24-47(34-43)89(84,85)74-57(36-59(76)77)41-18-6-5-7-19-41/h5-13,16-29,32-35,40,52,56-57,60,74H,4,14-15,30-31,36-39H2,1-3H3,(H,69,83)(H,73,78)(H,76,77)(H2,70,72,82)/t56-,57?,60+,68-/m0/s1. The van der Waals surface area contributed by atoms with Gasteiger partial charge in [0.05, 0.1) is 46.4 Å². The Hall–Kier alpha value is -9.99. The van der Waals surface area contributed by atoms with Crippen molar-refractivity contribution in [1.29, 1.82) is 0 Å². The van der Waals surface area contributed by atoms with Crippen LogP contribution < -0.4 is 31.5 Å². The number of para-hydroxylation sites is 1. The number of aliphatic carboxylic acids is 1. The van der Waals surface area contributed by atoms with Crippen molar-refractivity contribution in [3.05, 3.63) is 208 Å². The highest BCUT2D eigenvalue weighted by Gasteiger charge is 2.52. The summed E-state index contributed by atoms with van der Waals surface area (Å²) in [5.74, 6) is -4.66. The van der Waals surface area contributed by atoms with Crippen LogP contribution in [-0.4, -0.2) is 84.3 Å². The summed E-state index contributed by atoms with van der Waals surface area (Å²) in [5.41, 5.74) is 6.26. The second kappa shape index (κ2) is 25.8. The summed E-state index contributed by atoms with van der Waals surface area (Å²) in [6.07, 6.45) is -0.636. The van der Waals surface area contributed by atoms with Crippen molar-refractivity contribution in [2.75, 3.05) is 18.5 Å². The maximum atomic E-state index is 14.7. The Kier molecular flexibility index (Phi) is 17.6. The number of nitrogens with zero attached hydrogens (tertiary/aromatic N) is 2. The number of anilines is 1. The van der Waals surface area contributed by atoms with Crippen molar-refractivity contribution in [3.8, 4) is 33.6 Å². The Labute approximate surface area is 513 Å². The number of pyridine rings is 2. The molecule has 0 fully saturated rings. The van der Waals surface area contributed by atoms with Crippen molar-refractivity contribution < 1.29 is 56.5 Å². The molecule has 4 amide bonds. The molecule has 8 aromatic rings. The summed E-state index contributed by atoms with van der Waals surface area (Å²) in [4.78, 5) is 102. The first-order valence-electron chi connectivity index (χ1n) is 29.4. The number of amides is 4. The van der Waals surface area contributed by atoms with Gasteiger partial charge in [-0.05, 0) is 113 Å². The van der Waals surface area contributed by atoms with Crippen LogP contribution in [0.25, 0.3) is 44.5 Å². The maximum Gasteiger partial charge on any atom is 0.407 e. The second-order valence-electron chi connectivity index (χ2n) is 22.6. The molecule has 0 saturated carbocycles. The third kappa shape index (κ3) is 12.8. The number of aromatic nitrogens is 2. The van der Waals surface area contributed by atoms with Gasteiger partial charge in [-0.15, -0.1) is 0 Å². The minimum Gasteiger partial charge on any atom is -0.481 e. The molecule has 11 rings (SSSR count). The molecule has 6 aromatic carbocycles. The predicted octanol–water partition coefficient (Wildman–Crippen LogP) is 9.83. The number of fused-ring (bicyclic) bond motifs is 8. The topological polar surface area (TPSA) is 280 Å². The molecule has 20 nitrogen and oxygen atoms in total. The molecule has 0 spiro atoms. The third-order valence-electron chi connectivity index (χ3n) is 16.5. The first-order valence-corrected chi connectivity index (χ1v) is 30.9. The maximum absolute atomic E-state index is 14.7. The third-order valence-corrected chi connectivity index (χ3v) is 18.0. The van der Waals surface area contributed by atoms with Crippen molar-refractivity contribution in [2.45, 2.75) is 101 Å². The monoisotopic (exact) mass is 1220 g/mol. The number of hydrogen-bond donors (Lipinski definition) is 6. The van der Waals surface area contributed by atoms with E-state index >= 15 is 0 Å². The molecule has 6 N–H and O–H groups in total. The minimum absolute atomic E-state index is 0.0108. The average Bonchev–Trinajstić information content (AvgIpc) is 1.77. The van der Waals surface area contributed by atoms with E-state index in [0.29, 0.717) is 40.0 Å². The molecule has 21 heteroatoms. The Balaban J connectivity index is 0.796. The van der Waals surface area contributed by atoms with E-state index in [9.17, 15) is 47.1 Å². The largest absolute Gasteiger partial charge is 0.481 e. The van der Waals surface area contributed by atoms with Gasteiger partial charge in [-0.25, -0.2) is 37.3 Å². The van der Waals surface area contributed by atoms with Gasteiger partial charge in [0.25, 0.3) is 5.56 Å². The average molecular weight is 1220 g/mol. The molecule has 1 aliphatic carbocycles. The molecular formula is C68H65N7O13S. The fraction of sp³-hybridized carbons (Fsp3) is 0.265. The molecule has 0 saturated heterocycles. The Morgan fingerprint density at radius 2 is 1.47 bits per heavy atom. The highest BCUT2D eigenvalue weighted by atomic mass is 32.2. The summed E-state index contributed by atoms with van der Waals surface area (Å²) in [6.45, 7) is 5.11. The molecule has 4 atom stereocenters. The quantitative estimate of drug-likeness (QED) is 0.0209. The van der Waals surface area contributed by atoms with Gasteiger partial charge in [-0.1, -0.05) is 142 Å². The van der Waals surface area contributed by atoms with Crippen LogP contribution in [0.4, 0.5) is 15.3 Å². The number of hydrogen-bond acceptors (Lipinski definition) is 13. The fourth-order valence-corrected chi connectivity index (χ4v) is 13.2. The number of nitrogens with one attached hydrogen (secondary N) is 5. The molecule has 2 aliphatic heterocycles. The van der Waals surface area contributed by atoms with Crippen molar-refractivity contribution in [1.82, 2.24) is 30.2 Å². The zero-order valence-corrected chi connectivity index (χ0v) is 49.8. The van der Waals surface area contributed by atoms with E-state index in [1.165, 1.54) is 18.2 Å². The predicted molar refractivity (Wildman–Crippen MR) is 332 cm³/mol. The van der Waals surface area contributed by atoms with Crippen LogP contribution >= 0.6 is 0 Å². The number of unbranched alkanes of at least 4 members (excludes halogenated alkanes) is 1. The number of urea groups is 1. The van der Waals surface area contributed by atoms with E-state index in [-0.39, 0.29) is 73.2 Å². The van der Waals surface area contributed by atoms with Gasteiger partial charge < -0.3 is 45.2 Å². The van der Waals surface area contributed by atoms with E-state index in [2.05, 4.69) is 26.0 Å². The highest BCUT2D eigenvalue weighted by molar-refractivity contribution is 7.89. The van der Waals surface area contributed by atoms with E-state index in [1.807, 2.05) is 78.9 Å². The lowest BCUT2D eigenvalue weighted by Gasteiger charge is -2.37. The Morgan fingerprint density at radius 3 is 2.19 bits per heavy atom. The van der Waals surface area contributed by atoms with Gasteiger partial charge in [0.2, 0.25) is 21.5 Å². The first kappa shape index (κ1) is 60.7. The summed E-state index contributed by atoms with van der Waals surface area (Å²) in [7, 11) is -4.26. The van der Waals surface area contributed by atoms with Crippen molar-refractivity contribution in [3.63, 3.8) is 0 Å². The molecule has 4 heterocycles. The summed E-state index contributed by atoms with van der Waals surface area (Å²) < 4.78 is 49.2. The zero-order chi connectivity index (χ0) is 62.6. The van der Waals surface area contributed by atoms with Gasteiger partial charge in [0.1, 0.15) is 25.3 Å². The van der Waals surface area contributed by atoms with Crippen LogP contribution in [0, 0.1) is 5.92 Å². The van der Waals surface area contributed by atoms with Crippen LogP contribution in [-0.2, 0) is 62.2 Å². The van der Waals surface area contributed by atoms with Crippen LogP contribution in [0.2, 0.25) is 0 Å². The number of carboxylic acid groups (broad SMARTS) is 1. The Morgan fingerprint density at radius 1 is 0.787 bits per heavy atom. The number of carbonyl (C=O) groups is 6. The summed E-state index contributed by atoms with van der Waals surface area (Å²) >= 11 is 0. The van der Waals surface area contributed by atoms with Crippen LogP contribution in [0.3, 0.4) is 0 Å². The van der Waals surface area contributed by atoms with Gasteiger partial charge in [-0.2, -0.15) is 0 Å². The molecule has 0 bridgehead atoms. The van der Waals surface area contributed by atoms with Crippen LogP contribution in [0.15, 0.2) is 173 Å². The zero-order valence-electron chi connectivity index (χ0n) is 49.0. The van der Waals surface area contributed by atoms with E-state index in [4.69, 9.17) is 19.2 Å². The van der Waals surface area contributed by atoms with Crippen molar-refractivity contribution in [2.24, 2.45) is 5.92 Å². The van der Waals surface area contributed by atoms with Gasteiger partial charge in [-0.3, -0.25) is 14.4 Å². The van der Waals surface area contributed by atoms with Crippen molar-refractivity contribution >= 4 is 62.6 Å².